The Morgan fingerprint density at radius 2 is 1.69 bits per heavy atom. The van der Waals surface area contributed by atoms with Crippen molar-refractivity contribution in [1.82, 2.24) is 0 Å². The fourth-order valence-electron chi connectivity index (χ4n) is 1.45. The van der Waals surface area contributed by atoms with Crippen molar-refractivity contribution in [2.24, 2.45) is 0 Å². The first-order valence-electron chi connectivity index (χ1n) is 4.63. The molecule has 0 spiro atoms. The first-order chi connectivity index (χ1) is 7.68. The summed E-state index contributed by atoms with van der Waals surface area (Å²) in [6.45, 7) is 0. The summed E-state index contributed by atoms with van der Waals surface area (Å²) in [6, 6.07) is 14.6. The predicted octanol–water partition coefficient (Wildman–Crippen LogP) is 3.25. The average Bonchev–Trinajstić information content (AvgIpc) is 2.29. The minimum absolute atomic E-state index is 0.126. The first kappa shape index (κ1) is 11.3. The van der Waals surface area contributed by atoms with Crippen molar-refractivity contribution in [3.63, 3.8) is 0 Å². The van der Waals surface area contributed by atoms with E-state index in [1.165, 1.54) is 6.07 Å². The molecule has 0 bridgehead atoms. The smallest absolute Gasteiger partial charge is 0.0562 e. The highest BCUT2D eigenvalue weighted by Gasteiger charge is 2.03. The first-order valence-corrected chi connectivity index (χ1v) is 6.08. The van der Waals surface area contributed by atoms with Crippen molar-refractivity contribution in [3.05, 3.63) is 53.6 Å². The number of rotatable bonds is 2. The van der Waals surface area contributed by atoms with Gasteiger partial charge >= 0.3 is 0 Å². The van der Waals surface area contributed by atoms with Gasteiger partial charge in [0.15, 0.2) is 0 Å². The summed E-state index contributed by atoms with van der Waals surface area (Å²) in [7, 11) is 0. The number of hydrogen-bond donors (Lipinski definition) is 0. The van der Waals surface area contributed by atoms with Crippen molar-refractivity contribution in [2.75, 3.05) is 0 Å². The maximum Gasteiger partial charge on any atom is 0.0562 e. The quantitative estimate of drug-likeness (QED) is 0.769. The third kappa shape index (κ3) is 2.32. The molecule has 1 unspecified atom stereocenters. The molecule has 0 amide bonds. The Morgan fingerprint density at radius 1 is 1.00 bits per heavy atom. The molecule has 2 nitrogen and oxygen atoms in total. The van der Waals surface area contributed by atoms with Crippen LogP contribution < -0.4 is 0 Å². The molecule has 0 aliphatic heterocycles. The van der Waals surface area contributed by atoms with E-state index in [1.807, 2.05) is 30.3 Å². The van der Waals surface area contributed by atoms with E-state index in [0.717, 1.165) is 11.1 Å². The van der Waals surface area contributed by atoms with Gasteiger partial charge in [-0.1, -0.05) is 48.0 Å². The van der Waals surface area contributed by atoms with Crippen LogP contribution in [0.5, 0.6) is 0 Å². The maximum atomic E-state index is 10.8. The molecule has 82 valence electrons. The van der Waals surface area contributed by atoms with E-state index >= 15 is 0 Å². The molecular weight excluding hydrogens is 244 g/mol. The predicted molar refractivity (Wildman–Crippen MR) is 64.1 cm³/mol. The Labute approximate surface area is 101 Å². The summed E-state index contributed by atoms with van der Waals surface area (Å²) < 4.78 is 21.6. The Morgan fingerprint density at radius 3 is 2.25 bits per heavy atom. The maximum absolute atomic E-state index is 10.8. The lowest BCUT2D eigenvalue weighted by atomic mass is 10.1. The SMILES string of the molecule is O=S([O-])c1ccc(-c2ccccc2)cc1Cl. The van der Waals surface area contributed by atoms with Gasteiger partial charge < -0.3 is 4.55 Å². The summed E-state index contributed by atoms with van der Waals surface area (Å²) in [5, 5.41) is 0.245. The molecule has 0 aliphatic carbocycles. The molecule has 2 rings (SSSR count). The van der Waals surface area contributed by atoms with E-state index in [4.69, 9.17) is 11.6 Å². The highest BCUT2D eigenvalue weighted by Crippen LogP contribution is 2.26. The second kappa shape index (κ2) is 4.78. The van der Waals surface area contributed by atoms with Crippen LogP contribution in [0.2, 0.25) is 5.02 Å². The van der Waals surface area contributed by atoms with E-state index in [0.29, 0.717) is 0 Å². The van der Waals surface area contributed by atoms with Crippen LogP contribution in [0, 0.1) is 0 Å². The number of halogens is 1. The molecule has 0 saturated carbocycles. The van der Waals surface area contributed by atoms with E-state index in [1.54, 1.807) is 12.1 Å². The van der Waals surface area contributed by atoms with Gasteiger partial charge in [-0.2, -0.15) is 0 Å². The lowest BCUT2D eigenvalue weighted by Gasteiger charge is -2.09. The second-order valence-corrected chi connectivity index (χ2v) is 4.56. The fourth-order valence-corrected chi connectivity index (χ4v) is 2.21. The number of benzene rings is 2. The molecule has 2 aromatic rings. The lowest BCUT2D eigenvalue weighted by molar-refractivity contribution is 0.537. The minimum Gasteiger partial charge on any atom is -0.768 e. The van der Waals surface area contributed by atoms with Gasteiger partial charge in [0.05, 0.1) is 5.02 Å². The summed E-state index contributed by atoms with van der Waals surface area (Å²) in [5.74, 6) is 0. The van der Waals surface area contributed by atoms with Gasteiger partial charge in [-0.05, 0) is 34.3 Å². The fraction of sp³-hybridized carbons (Fsp3) is 0. The molecule has 2 aromatic carbocycles. The van der Waals surface area contributed by atoms with Crippen LogP contribution in [0.3, 0.4) is 0 Å². The summed E-state index contributed by atoms with van der Waals surface area (Å²) in [6.07, 6.45) is 0. The third-order valence-electron chi connectivity index (χ3n) is 2.22. The highest BCUT2D eigenvalue weighted by molar-refractivity contribution is 7.79. The van der Waals surface area contributed by atoms with Gasteiger partial charge in [0.1, 0.15) is 0 Å². The Balaban J connectivity index is 2.46. The second-order valence-electron chi connectivity index (χ2n) is 3.25. The van der Waals surface area contributed by atoms with Gasteiger partial charge in [0.2, 0.25) is 0 Å². The summed E-state index contributed by atoms with van der Waals surface area (Å²) >= 11 is 3.59. The average molecular weight is 252 g/mol. The molecule has 0 heterocycles. The van der Waals surface area contributed by atoms with E-state index < -0.39 is 11.1 Å². The van der Waals surface area contributed by atoms with Gasteiger partial charge in [0, 0.05) is 4.90 Å². The molecular formula is C12H8ClO2S-. The minimum atomic E-state index is -2.29. The van der Waals surface area contributed by atoms with E-state index in [-0.39, 0.29) is 9.92 Å². The van der Waals surface area contributed by atoms with Gasteiger partial charge in [0.25, 0.3) is 0 Å². The van der Waals surface area contributed by atoms with Crippen molar-refractivity contribution in [3.8, 4) is 11.1 Å². The molecule has 0 N–H and O–H groups in total. The zero-order valence-electron chi connectivity index (χ0n) is 8.22. The molecule has 16 heavy (non-hydrogen) atoms. The lowest BCUT2D eigenvalue weighted by Crippen LogP contribution is -1.90. The standard InChI is InChI=1S/C12H9ClO2S/c13-11-8-10(6-7-12(11)16(14)15)9-4-2-1-3-5-9/h1-8H,(H,14,15)/p-1. The van der Waals surface area contributed by atoms with Gasteiger partial charge in [-0.15, -0.1) is 0 Å². The zero-order chi connectivity index (χ0) is 11.5. The van der Waals surface area contributed by atoms with Crippen LogP contribution >= 0.6 is 11.6 Å². The van der Waals surface area contributed by atoms with Crippen LogP contribution in [0.15, 0.2) is 53.4 Å². The zero-order valence-corrected chi connectivity index (χ0v) is 9.79. The molecule has 0 radical (unpaired) electrons. The van der Waals surface area contributed by atoms with Crippen molar-refractivity contribution in [1.29, 1.82) is 0 Å². The van der Waals surface area contributed by atoms with Gasteiger partial charge in [-0.25, -0.2) is 0 Å². The summed E-state index contributed by atoms with van der Waals surface area (Å²) in [5.41, 5.74) is 1.91. The van der Waals surface area contributed by atoms with Crippen LogP contribution in [-0.4, -0.2) is 8.76 Å². The topological polar surface area (TPSA) is 40.1 Å². The van der Waals surface area contributed by atoms with Crippen molar-refractivity contribution < 1.29 is 8.76 Å². The molecule has 0 aliphatic rings. The molecule has 1 atom stereocenters. The highest BCUT2D eigenvalue weighted by atomic mass is 35.5. The molecule has 0 fully saturated rings. The largest absolute Gasteiger partial charge is 0.768 e. The molecule has 4 heteroatoms. The Hall–Kier alpha value is -1.16. The Bertz CT molecular complexity index is 526. The van der Waals surface area contributed by atoms with E-state index in [9.17, 15) is 8.76 Å². The normalized spacial score (nSPS) is 12.4. The van der Waals surface area contributed by atoms with Crippen LogP contribution in [-0.2, 0) is 11.1 Å². The van der Waals surface area contributed by atoms with Crippen LogP contribution in [0.1, 0.15) is 0 Å². The van der Waals surface area contributed by atoms with Crippen LogP contribution in [0.4, 0.5) is 0 Å². The summed E-state index contributed by atoms with van der Waals surface area (Å²) in [4.78, 5) is 0.126. The van der Waals surface area contributed by atoms with E-state index in [2.05, 4.69) is 0 Å². The monoisotopic (exact) mass is 251 g/mol. The van der Waals surface area contributed by atoms with Gasteiger partial charge in [-0.3, -0.25) is 4.21 Å². The number of hydrogen-bond acceptors (Lipinski definition) is 2. The Kier molecular flexibility index (Phi) is 3.39. The van der Waals surface area contributed by atoms with Crippen molar-refractivity contribution in [2.45, 2.75) is 4.90 Å². The molecule has 0 aromatic heterocycles. The van der Waals surface area contributed by atoms with Crippen molar-refractivity contribution >= 4 is 22.7 Å². The van der Waals surface area contributed by atoms with Crippen LogP contribution in [0.25, 0.3) is 11.1 Å². The third-order valence-corrected chi connectivity index (χ3v) is 3.36. The molecule has 0 saturated heterocycles.